The van der Waals surface area contributed by atoms with E-state index < -0.39 is 10.8 Å². The molecule has 0 aliphatic heterocycles. The molecular formula is C22H29IN4OS. The van der Waals surface area contributed by atoms with Crippen molar-refractivity contribution in [3.05, 3.63) is 72.4 Å². The van der Waals surface area contributed by atoms with E-state index in [1.807, 2.05) is 30.3 Å². The van der Waals surface area contributed by atoms with Crippen LogP contribution in [0.1, 0.15) is 12.0 Å². The molecule has 0 spiro atoms. The number of benzene rings is 2. The fourth-order valence-electron chi connectivity index (χ4n) is 3.13. The van der Waals surface area contributed by atoms with Gasteiger partial charge in [-0.05, 0) is 29.5 Å². The normalized spacial score (nSPS) is 12.4. The quantitative estimate of drug-likeness (QED) is 0.194. The van der Waals surface area contributed by atoms with E-state index in [1.54, 1.807) is 7.05 Å². The smallest absolute Gasteiger partial charge is 0.191 e. The van der Waals surface area contributed by atoms with E-state index in [0.29, 0.717) is 18.1 Å². The summed E-state index contributed by atoms with van der Waals surface area (Å²) in [6, 6.07) is 20.5. The van der Waals surface area contributed by atoms with Crippen molar-refractivity contribution >= 4 is 51.6 Å². The predicted octanol–water partition coefficient (Wildman–Crippen LogP) is 3.76. The van der Waals surface area contributed by atoms with Crippen LogP contribution in [0.5, 0.6) is 0 Å². The first kappa shape index (κ1) is 23.4. The summed E-state index contributed by atoms with van der Waals surface area (Å²) in [6.07, 6.45) is 3.14. The van der Waals surface area contributed by atoms with Crippen LogP contribution in [0.25, 0.3) is 10.9 Å². The maximum absolute atomic E-state index is 12.2. The van der Waals surface area contributed by atoms with Crippen molar-refractivity contribution in [2.75, 3.05) is 25.9 Å². The van der Waals surface area contributed by atoms with Crippen molar-refractivity contribution in [1.29, 1.82) is 0 Å². The van der Waals surface area contributed by atoms with Crippen LogP contribution < -0.4 is 10.6 Å². The van der Waals surface area contributed by atoms with Gasteiger partial charge in [0.15, 0.2) is 5.96 Å². The van der Waals surface area contributed by atoms with Gasteiger partial charge in [0.1, 0.15) is 0 Å². The van der Waals surface area contributed by atoms with Crippen LogP contribution in [0.4, 0.5) is 0 Å². The molecule has 7 heteroatoms. The maximum Gasteiger partial charge on any atom is 0.191 e. The molecule has 0 amide bonds. The Morgan fingerprint density at radius 3 is 2.52 bits per heavy atom. The molecule has 0 aliphatic rings. The monoisotopic (exact) mass is 524 g/mol. The van der Waals surface area contributed by atoms with E-state index in [-0.39, 0.29) is 24.0 Å². The highest BCUT2D eigenvalue weighted by molar-refractivity contribution is 14.0. The summed E-state index contributed by atoms with van der Waals surface area (Å²) in [5, 5.41) is 7.85. The van der Waals surface area contributed by atoms with Gasteiger partial charge in [0, 0.05) is 60.7 Å². The van der Waals surface area contributed by atoms with Gasteiger partial charge in [-0.15, -0.1) is 24.0 Å². The Bertz CT molecular complexity index is 927. The number of hydrogen-bond donors (Lipinski definition) is 2. The van der Waals surface area contributed by atoms with Crippen molar-refractivity contribution in [2.24, 2.45) is 4.99 Å². The van der Waals surface area contributed by atoms with E-state index in [9.17, 15) is 4.21 Å². The number of nitrogens with one attached hydrogen (secondary N) is 2. The molecule has 0 radical (unpaired) electrons. The Kier molecular flexibility index (Phi) is 10.2. The maximum atomic E-state index is 12.2. The van der Waals surface area contributed by atoms with Crippen LogP contribution in [0, 0.1) is 0 Å². The summed E-state index contributed by atoms with van der Waals surface area (Å²) in [6.45, 7) is 2.43. The Morgan fingerprint density at radius 1 is 1.00 bits per heavy atom. The first-order chi connectivity index (χ1) is 13.8. The number of guanidine groups is 1. The average molecular weight is 524 g/mol. The van der Waals surface area contributed by atoms with Gasteiger partial charge in [0.25, 0.3) is 0 Å². The molecule has 0 bridgehead atoms. The minimum absolute atomic E-state index is 0. The molecule has 0 fully saturated rings. The number of aryl methyl sites for hydroxylation is 1. The van der Waals surface area contributed by atoms with E-state index in [2.05, 4.69) is 56.7 Å². The van der Waals surface area contributed by atoms with Gasteiger partial charge in [-0.2, -0.15) is 0 Å². The second-order valence-corrected chi connectivity index (χ2v) is 8.20. The number of aliphatic imine (C=N–C) groups is 1. The molecule has 0 saturated carbocycles. The molecule has 3 rings (SSSR count). The zero-order valence-corrected chi connectivity index (χ0v) is 19.9. The molecule has 156 valence electrons. The predicted molar refractivity (Wildman–Crippen MR) is 134 cm³/mol. The summed E-state index contributed by atoms with van der Waals surface area (Å²) in [4.78, 5) is 4.24. The van der Waals surface area contributed by atoms with Gasteiger partial charge >= 0.3 is 0 Å². The molecule has 3 aromatic rings. The second kappa shape index (κ2) is 12.6. The lowest BCUT2D eigenvalue weighted by Gasteiger charge is -2.12. The van der Waals surface area contributed by atoms with Gasteiger partial charge in [-0.1, -0.05) is 48.5 Å². The highest BCUT2D eigenvalue weighted by Gasteiger charge is 2.03. The fraction of sp³-hybridized carbons (Fsp3) is 0.318. The number of para-hydroxylation sites is 1. The Morgan fingerprint density at radius 2 is 1.72 bits per heavy atom. The lowest BCUT2D eigenvalue weighted by Crippen LogP contribution is -2.39. The molecule has 1 atom stereocenters. The highest BCUT2D eigenvalue weighted by Crippen LogP contribution is 2.15. The molecule has 29 heavy (non-hydrogen) atoms. The fourth-order valence-corrected chi connectivity index (χ4v) is 4.17. The van der Waals surface area contributed by atoms with E-state index in [4.69, 9.17) is 0 Å². The SMILES string of the molecule is CN=C(NCCCn1ccc2ccccc21)NCCS(=O)Cc1ccccc1.I. The van der Waals surface area contributed by atoms with Crippen LogP contribution in [0.3, 0.4) is 0 Å². The second-order valence-electron chi connectivity index (χ2n) is 6.62. The highest BCUT2D eigenvalue weighted by atomic mass is 127. The third-order valence-corrected chi connectivity index (χ3v) is 5.88. The van der Waals surface area contributed by atoms with Crippen LogP contribution >= 0.6 is 24.0 Å². The Labute approximate surface area is 192 Å². The Hall–Kier alpha value is -1.87. The third-order valence-electron chi connectivity index (χ3n) is 4.56. The van der Waals surface area contributed by atoms with Crippen molar-refractivity contribution in [2.45, 2.75) is 18.7 Å². The molecule has 1 aromatic heterocycles. The largest absolute Gasteiger partial charge is 0.356 e. The molecule has 2 N–H and O–H groups in total. The topological polar surface area (TPSA) is 58.4 Å². The number of nitrogens with zero attached hydrogens (tertiary/aromatic N) is 2. The molecule has 1 heterocycles. The summed E-state index contributed by atoms with van der Waals surface area (Å²) < 4.78 is 14.5. The summed E-state index contributed by atoms with van der Waals surface area (Å²) in [7, 11) is 0.880. The standard InChI is InChI=1S/C22H28N4OS.HI/c1-23-22(25-14-17-28(27)18-19-8-3-2-4-9-19)24-13-7-15-26-16-12-20-10-5-6-11-21(20)26;/h2-6,8-12,16H,7,13-15,17-18H2,1H3,(H2,23,24,25);1H. The van der Waals surface area contributed by atoms with Crippen LogP contribution in [0.2, 0.25) is 0 Å². The van der Waals surface area contributed by atoms with Gasteiger partial charge < -0.3 is 15.2 Å². The number of halogens is 1. The van der Waals surface area contributed by atoms with Crippen LogP contribution in [-0.4, -0.2) is 40.6 Å². The summed E-state index contributed by atoms with van der Waals surface area (Å²) in [5.74, 6) is 1.96. The van der Waals surface area contributed by atoms with Crippen molar-refractivity contribution in [1.82, 2.24) is 15.2 Å². The van der Waals surface area contributed by atoms with Crippen molar-refractivity contribution < 1.29 is 4.21 Å². The summed E-state index contributed by atoms with van der Waals surface area (Å²) in [5.41, 5.74) is 2.38. The minimum atomic E-state index is -0.879. The van der Waals surface area contributed by atoms with Gasteiger partial charge in [-0.3, -0.25) is 9.20 Å². The lowest BCUT2D eigenvalue weighted by molar-refractivity contribution is 0.641. The number of fused-ring (bicyclic) bond motifs is 1. The molecule has 5 nitrogen and oxygen atoms in total. The van der Waals surface area contributed by atoms with Crippen LogP contribution in [-0.2, 0) is 23.1 Å². The first-order valence-corrected chi connectivity index (χ1v) is 11.1. The van der Waals surface area contributed by atoms with E-state index >= 15 is 0 Å². The molecule has 1 unspecified atom stereocenters. The average Bonchev–Trinajstić information content (AvgIpc) is 3.13. The van der Waals surface area contributed by atoms with Crippen molar-refractivity contribution in [3.8, 4) is 0 Å². The van der Waals surface area contributed by atoms with E-state index in [0.717, 1.165) is 31.0 Å². The van der Waals surface area contributed by atoms with Gasteiger partial charge in [0.2, 0.25) is 0 Å². The number of hydrogen-bond acceptors (Lipinski definition) is 2. The van der Waals surface area contributed by atoms with Crippen molar-refractivity contribution in [3.63, 3.8) is 0 Å². The van der Waals surface area contributed by atoms with E-state index in [1.165, 1.54) is 10.9 Å². The first-order valence-electron chi connectivity index (χ1n) is 9.63. The third kappa shape index (κ3) is 7.47. The Balaban J connectivity index is 0.00000300. The number of aromatic nitrogens is 1. The van der Waals surface area contributed by atoms with Gasteiger partial charge in [0.05, 0.1) is 0 Å². The molecule has 2 aromatic carbocycles. The van der Waals surface area contributed by atoms with Crippen LogP contribution in [0.15, 0.2) is 71.9 Å². The zero-order chi connectivity index (χ0) is 19.6. The minimum Gasteiger partial charge on any atom is -0.356 e. The molecule has 0 saturated heterocycles. The zero-order valence-electron chi connectivity index (χ0n) is 16.7. The summed E-state index contributed by atoms with van der Waals surface area (Å²) >= 11 is 0. The molecule has 0 aliphatic carbocycles. The molecular weight excluding hydrogens is 495 g/mol. The lowest BCUT2D eigenvalue weighted by atomic mass is 10.2. The van der Waals surface area contributed by atoms with Gasteiger partial charge in [-0.25, -0.2) is 0 Å². The number of rotatable bonds is 9.